The van der Waals surface area contributed by atoms with E-state index in [1.165, 1.54) is 30.1 Å². The van der Waals surface area contributed by atoms with Crippen LogP contribution in [0.4, 0.5) is 15.8 Å². The third kappa shape index (κ3) is 4.65. The van der Waals surface area contributed by atoms with E-state index in [2.05, 4.69) is 4.90 Å². The van der Waals surface area contributed by atoms with Gasteiger partial charge in [-0.2, -0.15) is 0 Å². The van der Waals surface area contributed by atoms with Gasteiger partial charge in [-0.25, -0.2) is 4.39 Å². The summed E-state index contributed by atoms with van der Waals surface area (Å²) in [5.41, 5.74) is 0.760. The van der Waals surface area contributed by atoms with E-state index in [0.29, 0.717) is 18.8 Å². The predicted molar refractivity (Wildman–Crippen MR) is 110 cm³/mol. The number of rotatable bonds is 5. The smallest absolute Gasteiger partial charge is 0.293 e. The number of nitro groups is 1. The molecule has 154 valence electrons. The van der Waals surface area contributed by atoms with Gasteiger partial charge in [-0.3, -0.25) is 14.9 Å². The quantitative estimate of drug-likeness (QED) is 0.547. The van der Waals surface area contributed by atoms with Gasteiger partial charge in [-0.15, -0.1) is 0 Å². The molecule has 1 saturated heterocycles. The highest BCUT2D eigenvalue weighted by Crippen LogP contribution is 2.31. The van der Waals surface area contributed by atoms with Crippen LogP contribution < -0.4 is 4.90 Å². The summed E-state index contributed by atoms with van der Waals surface area (Å²) in [5.74, 6) is -0.953. The molecular weight excluding hydrogens is 399 g/mol. The van der Waals surface area contributed by atoms with E-state index in [1.807, 2.05) is 11.9 Å². The summed E-state index contributed by atoms with van der Waals surface area (Å²) >= 11 is 6.03. The SMILES string of the molecule is CN1CCN(c2ccc(C(=O)N(C)Cc3c(F)cccc3Cl)cc2[N+](=O)[O-])CC1. The maximum absolute atomic E-state index is 14.0. The molecule has 0 saturated carbocycles. The summed E-state index contributed by atoms with van der Waals surface area (Å²) in [5, 5.41) is 11.9. The van der Waals surface area contributed by atoms with E-state index in [9.17, 15) is 19.3 Å². The van der Waals surface area contributed by atoms with E-state index in [-0.39, 0.29) is 28.4 Å². The molecule has 0 N–H and O–H groups in total. The Bertz CT molecular complexity index is 912. The van der Waals surface area contributed by atoms with Crippen LogP contribution in [0.25, 0.3) is 0 Å². The zero-order valence-corrected chi connectivity index (χ0v) is 17.0. The monoisotopic (exact) mass is 420 g/mol. The second-order valence-corrected chi connectivity index (χ2v) is 7.52. The van der Waals surface area contributed by atoms with Crippen molar-refractivity contribution in [1.29, 1.82) is 0 Å². The lowest BCUT2D eigenvalue weighted by atomic mass is 10.1. The second kappa shape index (κ2) is 8.75. The fraction of sp³-hybridized carbons (Fsp3) is 0.350. The molecule has 2 aromatic carbocycles. The van der Waals surface area contributed by atoms with Gasteiger partial charge in [0.25, 0.3) is 11.6 Å². The summed E-state index contributed by atoms with van der Waals surface area (Å²) in [4.78, 5) is 29.4. The van der Waals surface area contributed by atoms with Crippen molar-refractivity contribution in [1.82, 2.24) is 9.80 Å². The molecule has 3 rings (SSSR count). The Balaban J connectivity index is 1.83. The van der Waals surface area contributed by atoms with Gasteiger partial charge in [0.1, 0.15) is 11.5 Å². The van der Waals surface area contributed by atoms with E-state index in [1.54, 1.807) is 18.2 Å². The summed E-state index contributed by atoms with van der Waals surface area (Å²) in [6, 6.07) is 8.78. The Hall–Kier alpha value is -2.71. The van der Waals surface area contributed by atoms with Crippen molar-refractivity contribution in [2.75, 3.05) is 45.2 Å². The molecule has 29 heavy (non-hydrogen) atoms. The molecule has 1 aliphatic rings. The average molecular weight is 421 g/mol. The number of carbonyl (C=O) groups excluding carboxylic acids is 1. The Kier molecular flexibility index (Phi) is 6.34. The lowest BCUT2D eigenvalue weighted by Crippen LogP contribution is -2.44. The van der Waals surface area contributed by atoms with E-state index in [4.69, 9.17) is 11.6 Å². The summed E-state index contributed by atoms with van der Waals surface area (Å²) < 4.78 is 14.0. The van der Waals surface area contributed by atoms with Crippen molar-refractivity contribution < 1.29 is 14.1 Å². The van der Waals surface area contributed by atoms with Gasteiger partial charge < -0.3 is 14.7 Å². The zero-order valence-electron chi connectivity index (χ0n) is 16.3. The number of carbonyl (C=O) groups is 1. The molecule has 0 aromatic heterocycles. The van der Waals surface area contributed by atoms with Crippen LogP contribution >= 0.6 is 11.6 Å². The molecule has 2 aromatic rings. The molecule has 0 aliphatic carbocycles. The van der Waals surface area contributed by atoms with Crippen molar-refractivity contribution in [3.8, 4) is 0 Å². The van der Waals surface area contributed by atoms with Crippen molar-refractivity contribution in [2.24, 2.45) is 0 Å². The van der Waals surface area contributed by atoms with Crippen molar-refractivity contribution in [3.63, 3.8) is 0 Å². The molecule has 0 radical (unpaired) electrons. The zero-order chi connectivity index (χ0) is 21.1. The number of amides is 1. The van der Waals surface area contributed by atoms with E-state index in [0.717, 1.165) is 13.1 Å². The number of hydrogen-bond acceptors (Lipinski definition) is 5. The first-order chi connectivity index (χ1) is 13.8. The minimum atomic E-state index is -0.506. The average Bonchev–Trinajstić information content (AvgIpc) is 2.70. The largest absolute Gasteiger partial charge is 0.363 e. The van der Waals surface area contributed by atoms with Gasteiger partial charge >= 0.3 is 0 Å². The molecule has 1 heterocycles. The highest BCUT2D eigenvalue weighted by molar-refractivity contribution is 6.31. The second-order valence-electron chi connectivity index (χ2n) is 7.11. The number of halogens is 2. The van der Waals surface area contributed by atoms with Crippen LogP contribution in [0.1, 0.15) is 15.9 Å². The van der Waals surface area contributed by atoms with E-state index >= 15 is 0 Å². The van der Waals surface area contributed by atoms with Gasteiger partial charge in [0.15, 0.2) is 0 Å². The summed E-state index contributed by atoms with van der Waals surface area (Å²) in [6.45, 7) is 2.93. The van der Waals surface area contributed by atoms with Crippen molar-refractivity contribution in [2.45, 2.75) is 6.54 Å². The predicted octanol–water partition coefficient (Wildman–Crippen LogP) is 3.41. The Morgan fingerprint density at radius 1 is 1.24 bits per heavy atom. The number of nitrogens with zero attached hydrogens (tertiary/aromatic N) is 4. The highest BCUT2D eigenvalue weighted by Gasteiger charge is 2.25. The van der Waals surface area contributed by atoms with Gasteiger partial charge in [-0.1, -0.05) is 17.7 Å². The van der Waals surface area contributed by atoms with Crippen molar-refractivity contribution >= 4 is 28.9 Å². The maximum Gasteiger partial charge on any atom is 0.293 e. The van der Waals surface area contributed by atoms with Crippen molar-refractivity contribution in [3.05, 3.63) is 68.5 Å². The lowest BCUT2D eigenvalue weighted by molar-refractivity contribution is -0.384. The third-order valence-electron chi connectivity index (χ3n) is 5.07. The van der Waals surface area contributed by atoms with Gasteiger partial charge in [0, 0.05) is 62.0 Å². The maximum atomic E-state index is 14.0. The highest BCUT2D eigenvalue weighted by atomic mass is 35.5. The fourth-order valence-corrected chi connectivity index (χ4v) is 3.55. The molecule has 0 atom stereocenters. The van der Waals surface area contributed by atoms with Crippen LogP contribution in [0.2, 0.25) is 5.02 Å². The first-order valence-electron chi connectivity index (χ1n) is 9.18. The third-order valence-corrected chi connectivity index (χ3v) is 5.42. The molecule has 9 heteroatoms. The topological polar surface area (TPSA) is 69.9 Å². The van der Waals surface area contributed by atoms with Crippen LogP contribution in [0, 0.1) is 15.9 Å². The minimum Gasteiger partial charge on any atom is -0.363 e. The molecule has 1 fully saturated rings. The van der Waals surface area contributed by atoms with E-state index < -0.39 is 16.6 Å². The number of likely N-dealkylation sites (N-methyl/N-ethyl adjacent to an activating group) is 1. The molecule has 0 spiro atoms. The Morgan fingerprint density at radius 3 is 2.55 bits per heavy atom. The van der Waals surface area contributed by atoms with Crippen LogP contribution in [0.3, 0.4) is 0 Å². The number of piperazine rings is 1. The van der Waals surface area contributed by atoms with Crippen LogP contribution in [-0.4, -0.2) is 60.9 Å². The van der Waals surface area contributed by atoms with Gasteiger partial charge in [-0.05, 0) is 31.3 Å². The normalized spacial score (nSPS) is 14.7. The van der Waals surface area contributed by atoms with Gasteiger partial charge in [0.05, 0.1) is 4.92 Å². The molecule has 0 bridgehead atoms. The molecule has 1 amide bonds. The standard InChI is InChI=1S/C20H22ClFN4O3/c1-23-8-10-25(11-9-23)18-7-6-14(12-19(18)26(28)29)20(27)24(2)13-15-16(21)4-3-5-17(15)22/h3-7,12H,8-11,13H2,1-2H3. The van der Waals surface area contributed by atoms with Gasteiger partial charge in [0.2, 0.25) is 0 Å². The first-order valence-corrected chi connectivity index (χ1v) is 9.56. The number of anilines is 1. The Labute approximate surface area is 173 Å². The first kappa shape index (κ1) is 21.0. The van der Waals surface area contributed by atoms with Crippen LogP contribution in [0.5, 0.6) is 0 Å². The molecule has 0 unspecified atom stereocenters. The summed E-state index contributed by atoms with van der Waals surface area (Å²) in [7, 11) is 3.51. The number of nitro benzene ring substituents is 1. The lowest BCUT2D eigenvalue weighted by Gasteiger charge is -2.33. The minimum absolute atomic E-state index is 0.0433. The Morgan fingerprint density at radius 2 is 1.93 bits per heavy atom. The molecule has 1 aliphatic heterocycles. The summed E-state index contributed by atoms with van der Waals surface area (Å²) in [6.07, 6.45) is 0. The van der Waals surface area contributed by atoms with Crippen LogP contribution in [0.15, 0.2) is 36.4 Å². The number of benzene rings is 2. The number of hydrogen-bond donors (Lipinski definition) is 0. The molecular formula is C20H22ClFN4O3. The van der Waals surface area contributed by atoms with Crippen LogP contribution in [-0.2, 0) is 6.54 Å². The molecule has 7 nitrogen and oxygen atoms in total. The fourth-order valence-electron chi connectivity index (χ4n) is 3.33.